The molecule has 1 saturated carbocycles. The molecule has 0 radical (unpaired) electrons. The number of hydrogen-bond donors (Lipinski definition) is 3. The lowest BCUT2D eigenvalue weighted by atomic mass is 10.0. The average Bonchev–Trinajstić information content (AvgIpc) is 3.89. The number of ether oxygens (including phenoxy) is 3. The van der Waals surface area contributed by atoms with Crippen LogP contribution < -0.4 is 19.7 Å². The fraction of sp³-hybridized carbons (Fsp3) is 0.429. The van der Waals surface area contributed by atoms with Crippen LogP contribution in [0.15, 0.2) is 66.7 Å². The number of carbonyl (C=O) groups excluding carboxylic acids is 2. The van der Waals surface area contributed by atoms with Crippen LogP contribution in [0, 0.1) is 17.6 Å². The van der Waals surface area contributed by atoms with Crippen LogP contribution in [0.5, 0.6) is 5.75 Å². The van der Waals surface area contributed by atoms with Gasteiger partial charge in [-0.15, -0.1) is 0 Å². The predicted octanol–water partition coefficient (Wildman–Crippen LogP) is 4.22. The van der Waals surface area contributed by atoms with Gasteiger partial charge in [-0.3, -0.25) is 13.9 Å². The summed E-state index contributed by atoms with van der Waals surface area (Å²) in [6.45, 7) is 2.15. The summed E-state index contributed by atoms with van der Waals surface area (Å²) in [7, 11) is -1.04. The van der Waals surface area contributed by atoms with Gasteiger partial charge in [0.05, 0.1) is 42.8 Å². The fourth-order valence-corrected chi connectivity index (χ4v) is 5.46. The van der Waals surface area contributed by atoms with Crippen molar-refractivity contribution >= 4 is 27.5 Å². The lowest BCUT2D eigenvalue weighted by Gasteiger charge is -2.27. The highest BCUT2D eigenvalue weighted by molar-refractivity contribution is 7.92. The Kier molecular flexibility index (Phi) is 13.1. The Hall–Kier alpha value is -4.11. The van der Waals surface area contributed by atoms with Crippen molar-refractivity contribution in [3.8, 4) is 5.75 Å². The van der Waals surface area contributed by atoms with Gasteiger partial charge >= 0.3 is 0 Å². The second-order valence-electron chi connectivity index (χ2n) is 12.2. The van der Waals surface area contributed by atoms with Crippen molar-refractivity contribution in [2.75, 3.05) is 44.5 Å². The van der Waals surface area contributed by atoms with Crippen LogP contribution in [0.2, 0.25) is 0 Å². The maximum Gasteiger partial charge on any atom is 0.251 e. The number of carbonyl (C=O) groups is 2. The van der Waals surface area contributed by atoms with E-state index in [-0.39, 0.29) is 35.6 Å². The van der Waals surface area contributed by atoms with E-state index in [0.29, 0.717) is 18.6 Å². The highest BCUT2D eigenvalue weighted by Crippen LogP contribution is 2.29. The van der Waals surface area contributed by atoms with Gasteiger partial charge in [-0.05, 0) is 49.4 Å². The molecule has 0 aliphatic heterocycles. The van der Waals surface area contributed by atoms with Gasteiger partial charge in [-0.2, -0.15) is 0 Å². The molecule has 1 aliphatic carbocycles. The molecule has 0 spiro atoms. The summed E-state index contributed by atoms with van der Waals surface area (Å²) >= 11 is 0. The third-order valence-corrected chi connectivity index (χ3v) is 9.39. The van der Waals surface area contributed by atoms with Crippen LogP contribution in [0.4, 0.5) is 14.5 Å². The van der Waals surface area contributed by atoms with Crippen molar-refractivity contribution < 1.29 is 46.1 Å². The van der Waals surface area contributed by atoms with Crippen LogP contribution >= 0.6 is 0 Å². The number of anilines is 1. The van der Waals surface area contributed by atoms with E-state index in [2.05, 4.69) is 10.6 Å². The van der Waals surface area contributed by atoms with Crippen molar-refractivity contribution in [3.05, 3.63) is 95.1 Å². The smallest absolute Gasteiger partial charge is 0.251 e. The second-order valence-corrected chi connectivity index (χ2v) is 14.3. The van der Waals surface area contributed by atoms with Gasteiger partial charge in [0.25, 0.3) is 11.8 Å². The molecule has 11 nitrogen and oxygen atoms in total. The highest BCUT2D eigenvalue weighted by Gasteiger charge is 2.28. The van der Waals surface area contributed by atoms with Gasteiger partial charge in [-0.1, -0.05) is 30.3 Å². The Morgan fingerprint density at radius 1 is 0.959 bits per heavy atom. The zero-order chi connectivity index (χ0) is 35.7. The minimum Gasteiger partial charge on any atom is -0.491 e. The third-order valence-electron chi connectivity index (χ3n) is 8.19. The van der Waals surface area contributed by atoms with Crippen molar-refractivity contribution in [2.24, 2.45) is 5.92 Å². The Bertz CT molecular complexity index is 1670. The fourth-order valence-electron chi connectivity index (χ4n) is 4.97. The van der Waals surface area contributed by atoms with E-state index in [1.807, 2.05) is 30.3 Å². The largest absolute Gasteiger partial charge is 0.491 e. The molecule has 3 N–H and O–H groups in total. The molecule has 266 valence electrons. The van der Waals surface area contributed by atoms with E-state index >= 15 is 0 Å². The number of rotatable bonds is 18. The molecule has 4 atom stereocenters. The number of methoxy groups -OCH3 is 1. The molecule has 0 bridgehead atoms. The summed E-state index contributed by atoms with van der Waals surface area (Å²) in [6, 6.07) is 14.2. The standard InChI is InChI=1S/C35H43F2N3O8S/c1-22(24-8-6-5-7-9-24)38-34(42)25-12-26(14-29(13-25)40(2)49(4,44)45)35(43)39-32(21-48-30-16-27(36)15-28(37)17-30)33(41)18-31(46-3)20-47-19-23-10-11-23/h5-9,12-17,22-23,31-33,41H,10-11,18-21H2,1-4H3,(H,38,42)(H,39,43)/t22-,31?,32+,33?/m1/s1. The molecule has 14 heteroatoms. The first kappa shape index (κ1) is 37.7. The third kappa shape index (κ3) is 11.5. The second kappa shape index (κ2) is 17.0. The first-order valence-corrected chi connectivity index (χ1v) is 17.7. The van der Waals surface area contributed by atoms with Gasteiger partial charge in [0, 0.05) is 56.5 Å². The Morgan fingerprint density at radius 3 is 2.14 bits per heavy atom. The first-order valence-electron chi connectivity index (χ1n) is 15.9. The molecule has 3 aromatic rings. The average molecular weight is 704 g/mol. The van der Waals surface area contributed by atoms with Crippen LogP contribution in [0.25, 0.3) is 0 Å². The van der Waals surface area contributed by atoms with E-state index in [9.17, 15) is 31.9 Å². The number of aliphatic hydroxyl groups is 1. The molecule has 0 saturated heterocycles. The molecule has 2 amide bonds. The Morgan fingerprint density at radius 2 is 1.57 bits per heavy atom. The van der Waals surface area contributed by atoms with E-state index in [1.54, 1.807) is 6.92 Å². The summed E-state index contributed by atoms with van der Waals surface area (Å²) in [6.07, 6.45) is 1.36. The molecule has 49 heavy (non-hydrogen) atoms. The number of benzene rings is 3. The van der Waals surface area contributed by atoms with Crippen molar-refractivity contribution in [3.63, 3.8) is 0 Å². The molecule has 0 aromatic heterocycles. The number of nitrogens with one attached hydrogen (secondary N) is 2. The summed E-state index contributed by atoms with van der Waals surface area (Å²) in [5.41, 5.74) is 0.802. The Labute approximate surface area is 285 Å². The molecular weight excluding hydrogens is 660 g/mol. The minimum absolute atomic E-state index is 0.00880. The van der Waals surface area contributed by atoms with Crippen LogP contribution in [-0.2, 0) is 19.5 Å². The lowest BCUT2D eigenvalue weighted by Crippen LogP contribution is -2.48. The summed E-state index contributed by atoms with van der Waals surface area (Å²) in [5, 5.41) is 16.8. The van der Waals surface area contributed by atoms with Crippen LogP contribution in [-0.4, -0.2) is 83.8 Å². The van der Waals surface area contributed by atoms with E-state index in [0.717, 1.165) is 41.1 Å². The van der Waals surface area contributed by atoms with Crippen molar-refractivity contribution in [1.29, 1.82) is 0 Å². The number of halogens is 2. The molecule has 1 aliphatic rings. The zero-order valence-corrected chi connectivity index (χ0v) is 28.7. The number of hydrogen-bond acceptors (Lipinski definition) is 8. The first-order chi connectivity index (χ1) is 23.2. The normalized spacial score (nSPS) is 15.5. The van der Waals surface area contributed by atoms with Gasteiger partial charge in [0.2, 0.25) is 10.0 Å². The minimum atomic E-state index is -3.79. The van der Waals surface area contributed by atoms with Crippen LogP contribution in [0.3, 0.4) is 0 Å². The van der Waals surface area contributed by atoms with E-state index < -0.39 is 64.4 Å². The molecule has 3 aromatic carbocycles. The SMILES string of the molecule is COC(COCC1CC1)CC(O)[C@H](COc1cc(F)cc(F)c1)NC(=O)c1cc(C(=O)N[C@H](C)c2ccccc2)cc(N(C)S(C)(=O)=O)c1. The van der Waals surface area contributed by atoms with Gasteiger partial charge in [-0.25, -0.2) is 17.2 Å². The molecule has 4 rings (SSSR count). The summed E-state index contributed by atoms with van der Waals surface area (Å²) in [5.74, 6) is -2.73. The maximum atomic E-state index is 13.9. The topological polar surface area (TPSA) is 144 Å². The van der Waals surface area contributed by atoms with Gasteiger partial charge in [0.1, 0.15) is 24.0 Å². The molecular formula is C35H43F2N3O8S. The van der Waals surface area contributed by atoms with Crippen molar-refractivity contribution in [1.82, 2.24) is 10.6 Å². The van der Waals surface area contributed by atoms with Crippen LogP contribution in [0.1, 0.15) is 58.5 Å². The van der Waals surface area contributed by atoms with Gasteiger partial charge < -0.3 is 30.0 Å². The lowest BCUT2D eigenvalue weighted by molar-refractivity contribution is -0.0289. The maximum absolute atomic E-state index is 13.9. The van der Waals surface area contributed by atoms with Crippen molar-refractivity contribution in [2.45, 2.75) is 50.5 Å². The number of sulfonamides is 1. The summed E-state index contributed by atoms with van der Waals surface area (Å²) in [4.78, 5) is 27.2. The zero-order valence-electron chi connectivity index (χ0n) is 27.9. The molecule has 1 fully saturated rings. The highest BCUT2D eigenvalue weighted by atomic mass is 32.2. The quantitative estimate of drug-likeness (QED) is 0.179. The van der Waals surface area contributed by atoms with Gasteiger partial charge in [0.15, 0.2) is 0 Å². The monoisotopic (exact) mass is 703 g/mol. The number of amides is 2. The number of nitrogens with zero attached hydrogens (tertiary/aromatic N) is 1. The molecule has 2 unspecified atom stereocenters. The summed E-state index contributed by atoms with van der Waals surface area (Å²) < 4.78 is 70.3. The Balaban J connectivity index is 1.59. The number of aliphatic hydroxyl groups excluding tert-OH is 1. The van der Waals surface area contributed by atoms with E-state index in [1.165, 1.54) is 32.4 Å². The molecule has 0 heterocycles. The predicted molar refractivity (Wildman–Crippen MR) is 180 cm³/mol. The van der Waals surface area contributed by atoms with E-state index in [4.69, 9.17) is 14.2 Å².